The van der Waals surface area contributed by atoms with E-state index in [4.69, 9.17) is 0 Å². The van der Waals surface area contributed by atoms with Crippen LogP contribution in [0.15, 0.2) is 4.60 Å². The smallest absolute Gasteiger partial charge is 0.308 e. The second-order valence-corrected chi connectivity index (χ2v) is 4.47. The minimum Gasteiger partial charge on any atom is -0.308 e. The monoisotopic (exact) mass is 314 g/mol. The highest BCUT2D eigenvalue weighted by atomic mass is 79.9. The molecule has 0 fully saturated rings. The molecule has 98 valence electrons. The van der Waals surface area contributed by atoms with E-state index in [2.05, 4.69) is 31.6 Å². The highest BCUT2D eigenvalue weighted by Gasteiger charge is 2.34. The molecule has 4 nitrogen and oxygen atoms in total. The Balaban J connectivity index is 2.90. The van der Waals surface area contributed by atoms with Gasteiger partial charge in [-0.1, -0.05) is 12.1 Å². The molecule has 1 unspecified atom stereocenters. The van der Waals surface area contributed by atoms with Gasteiger partial charge in [0, 0.05) is 7.05 Å². The number of rotatable bonds is 5. The van der Waals surface area contributed by atoms with E-state index in [-0.39, 0.29) is 0 Å². The summed E-state index contributed by atoms with van der Waals surface area (Å²) >= 11 is 3.12. The van der Waals surface area contributed by atoms with E-state index in [1.807, 2.05) is 6.92 Å². The molecule has 0 aliphatic carbocycles. The van der Waals surface area contributed by atoms with Gasteiger partial charge < -0.3 is 5.32 Å². The van der Waals surface area contributed by atoms with Crippen LogP contribution in [0, 0.1) is 0 Å². The molecule has 8 heteroatoms. The molecule has 1 rings (SSSR count). The fourth-order valence-electron chi connectivity index (χ4n) is 1.52. The van der Waals surface area contributed by atoms with Crippen molar-refractivity contribution in [2.24, 2.45) is 7.05 Å². The second kappa shape index (κ2) is 5.81. The zero-order chi connectivity index (χ0) is 13.1. The second-order valence-electron chi connectivity index (χ2n) is 3.72. The molecule has 1 atom stereocenters. The summed E-state index contributed by atoms with van der Waals surface area (Å²) in [5, 5.41) is 10.2. The van der Waals surface area contributed by atoms with Crippen molar-refractivity contribution in [3.8, 4) is 0 Å². The third kappa shape index (κ3) is 4.27. The van der Waals surface area contributed by atoms with Gasteiger partial charge in [0.25, 0.3) is 0 Å². The minimum atomic E-state index is -4.23. The lowest BCUT2D eigenvalue weighted by Gasteiger charge is -2.20. The van der Waals surface area contributed by atoms with Gasteiger partial charge in [0.1, 0.15) is 0 Å². The van der Waals surface area contributed by atoms with Gasteiger partial charge in [0.2, 0.25) is 0 Å². The van der Waals surface area contributed by atoms with E-state index >= 15 is 0 Å². The maximum absolute atomic E-state index is 12.5. The number of halogens is 4. The molecule has 0 saturated carbocycles. The van der Waals surface area contributed by atoms with Crippen molar-refractivity contribution in [3.63, 3.8) is 0 Å². The Bertz CT molecular complexity index is 344. The van der Waals surface area contributed by atoms with Gasteiger partial charge in [-0.25, -0.2) is 4.68 Å². The van der Waals surface area contributed by atoms with E-state index in [0.717, 1.165) is 6.42 Å². The van der Waals surface area contributed by atoms with E-state index in [0.29, 0.717) is 16.8 Å². The highest BCUT2D eigenvalue weighted by molar-refractivity contribution is 9.10. The van der Waals surface area contributed by atoms with Crippen LogP contribution in [-0.2, 0) is 7.05 Å². The molecule has 0 aromatic carbocycles. The summed E-state index contributed by atoms with van der Waals surface area (Å²) in [5.41, 5.74) is 0.413. The van der Waals surface area contributed by atoms with Crippen LogP contribution in [0.3, 0.4) is 0 Å². The number of hydrogen-bond donors (Lipinski definition) is 1. The molecule has 0 spiro atoms. The van der Waals surface area contributed by atoms with Crippen LogP contribution in [0.4, 0.5) is 13.2 Å². The van der Waals surface area contributed by atoms with Crippen LogP contribution in [-0.4, -0.2) is 27.7 Å². The average molecular weight is 315 g/mol. The van der Waals surface area contributed by atoms with Crippen molar-refractivity contribution in [1.29, 1.82) is 0 Å². The van der Waals surface area contributed by atoms with Crippen LogP contribution in [0.1, 0.15) is 31.5 Å². The molecular weight excluding hydrogens is 301 g/mol. The molecule has 0 aliphatic heterocycles. The molecule has 0 amide bonds. The summed E-state index contributed by atoms with van der Waals surface area (Å²) in [7, 11) is 1.57. The van der Waals surface area contributed by atoms with Gasteiger partial charge in [-0.2, -0.15) is 13.2 Å². The summed E-state index contributed by atoms with van der Waals surface area (Å²) in [6.45, 7) is 2.41. The predicted octanol–water partition coefficient (Wildman–Crippen LogP) is 2.57. The fraction of sp³-hybridized carbons (Fsp3) is 0.778. The minimum absolute atomic E-state index is 0.345. The van der Waals surface area contributed by atoms with Gasteiger partial charge in [-0.15, -0.1) is 5.10 Å². The number of aromatic nitrogens is 3. The molecular formula is C9H14BrF3N4. The first-order chi connectivity index (χ1) is 7.85. The largest absolute Gasteiger partial charge is 0.390 e. The third-order valence-electron chi connectivity index (χ3n) is 2.23. The predicted molar refractivity (Wildman–Crippen MR) is 60.4 cm³/mol. The van der Waals surface area contributed by atoms with Crippen LogP contribution in [0.2, 0.25) is 0 Å². The lowest BCUT2D eigenvalue weighted by Crippen LogP contribution is -2.29. The lowest BCUT2D eigenvalue weighted by atomic mass is 10.1. The first-order valence-electron chi connectivity index (χ1n) is 5.20. The van der Waals surface area contributed by atoms with Crippen LogP contribution >= 0.6 is 15.9 Å². The zero-order valence-corrected chi connectivity index (χ0v) is 11.1. The lowest BCUT2D eigenvalue weighted by molar-refractivity contribution is -0.140. The topological polar surface area (TPSA) is 42.7 Å². The summed E-state index contributed by atoms with van der Waals surface area (Å²) in [5.74, 6) is 0. The van der Waals surface area contributed by atoms with Gasteiger partial charge in [0.05, 0.1) is 18.2 Å². The van der Waals surface area contributed by atoms with Crippen molar-refractivity contribution in [1.82, 2.24) is 20.3 Å². The van der Waals surface area contributed by atoms with E-state index < -0.39 is 18.6 Å². The number of nitrogens with zero attached hydrogens (tertiary/aromatic N) is 3. The Kier molecular flexibility index (Phi) is 4.93. The first-order valence-corrected chi connectivity index (χ1v) is 5.99. The van der Waals surface area contributed by atoms with Crippen LogP contribution in [0.25, 0.3) is 0 Å². The first kappa shape index (κ1) is 14.4. The standard InChI is InChI=1S/C9H14BrF3N4/c1-3-4-14-6(5-9(11,12)13)7-8(10)15-16-17(7)2/h6,14H,3-5H2,1-2H3. The molecule has 0 radical (unpaired) electrons. The maximum Gasteiger partial charge on any atom is 0.390 e. The normalized spacial score (nSPS) is 14.0. The molecule has 0 saturated heterocycles. The van der Waals surface area contributed by atoms with Crippen molar-refractivity contribution < 1.29 is 13.2 Å². The van der Waals surface area contributed by atoms with E-state index in [1.165, 1.54) is 4.68 Å². The molecule has 1 heterocycles. The summed E-state index contributed by atoms with van der Waals surface area (Å²) in [4.78, 5) is 0. The Hall–Kier alpha value is -0.630. The summed E-state index contributed by atoms with van der Waals surface area (Å²) in [6.07, 6.45) is -4.40. The maximum atomic E-state index is 12.5. The van der Waals surface area contributed by atoms with Gasteiger partial charge >= 0.3 is 6.18 Å². The van der Waals surface area contributed by atoms with Crippen LogP contribution in [0.5, 0.6) is 0 Å². The Morgan fingerprint density at radius 3 is 2.53 bits per heavy atom. The van der Waals surface area contributed by atoms with Gasteiger partial charge in [-0.05, 0) is 28.9 Å². The zero-order valence-electron chi connectivity index (χ0n) is 9.55. The van der Waals surface area contributed by atoms with Crippen molar-refractivity contribution >= 4 is 15.9 Å². The Labute approximate surface area is 106 Å². The molecule has 1 aromatic rings. The van der Waals surface area contributed by atoms with Crippen molar-refractivity contribution in [2.75, 3.05) is 6.54 Å². The Morgan fingerprint density at radius 1 is 1.47 bits per heavy atom. The SMILES string of the molecule is CCCNC(CC(F)(F)F)c1c(Br)nnn1C. The molecule has 1 N–H and O–H groups in total. The molecule has 0 aliphatic rings. The van der Waals surface area contributed by atoms with Crippen molar-refractivity contribution in [3.05, 3.63) is 10.3 Å². The molecule has 17 heavy (non-hydrogen) atoms. The van der Waals surface area contributed by atoms with E-state index in [1.54, 1.807) is 7.05 Å². The van der Waals surface area contributed by atoms with Gasteiger partial charge in [-0.3, -0.25) is 0 Å². The fourth-order valence-corrected chi connectivity index (χ4v) is 2.13. The number of aryl methyl sites for hydroxylation is 1. The van der Waals surface area contributed by atoms with Gasteiger partial charge in [0.15, 0.2) is 4.60 Å². The number of hydrogen-bond acceptors (Lipinski definition) is 3. The Morgan fingerprint density at radius 2 is 2.12 bits per heavy atom. The molecule has 1 aromatic heterocycles. The highest BCUT2D eigenvalue weighted by Crippen LogP contribution is 2.31. The number of alkyl halides is 3. The van der Waals surface area contributed by atoms with E-state index in [9.17, 15) is 13.2 Å². The molecule has 0 bridgehead atoms. The number of nitrogens with one attached hydrogen (secondary N) is 1. The van der Waals surface area contributed by atoms with Crippen LogP contribution < -0.4 is 5.32 Å². The third-order valence-corrected chi connectivity index (χ3v) is 2.80. The summed E-state index contributed by atoms with van der Waals surface area (Å²) < 4.78 is 39.1. The van der Waals surface area contributed by atoms with Crippen molar-refractivity contribution in [2.45, 2.75) is 32.0 Å². The summed E-state index contributed by atoms with van der Waals surface area (Å²) in [6, 6.07) is -0.829. The quantitative estimate of drug-likeness (QED) is 0.908. The average Bonchev–Trinajstić information content (AvgIpc) is 2.52.